The van der Waals surface area contributed by atoms with Gasteiger partial charge in [0.1, 0.15) is 11.6 Å². The van der Waals surface area contributed by atoms with Gasteiger partial charge in [-0.25, -0.2) is 0 Å². The summed E-state index contributed by atoms with van der Waals surface area (Å²) in [5, 5.41) is 9.18. The Morgan fingerprint density at radius 2 is 2.03 bits per heavy atom. The fourth-order valence-electron chi connectivity index (χ4n) is 6.46. The minimum Gasteiger partial charge on any atom is -0.466 e. The quantitative estimate of drug-likeness (QED) is 0.217. The molecule has 4 rings (SSSR count). The number of ether oxygens (including phenoxy) is 3. The molecule has 1 spiro atoms. The summed E-state index contributed by atoms with van der Waals surface area (Å²) in [5.74, 6) is -2.13. The highest BCUT2D eigenvalue weighted by Crippen LogP contribution is 2.58. The molecule has 202 valence electrons. The molecule has 0 saturated carbocycles. The maximum atomic E-state index is 14.2. The number of nitrogens with zero attached hydrogens (tertiary/aromatic N) is 3. The molecule has 0 aliphatic carbocycles. The van der Waals surface area contributed by atoms with Crippen LogP contribution in [0, 0.1) is 11.8 Å². The minimum absolute atomic E-state index is 0.0905. The summed E-state index contributed by atoms with van der Waals surface area (Å²) < 4.78 is 17.2. The number of aliphatic hydroxyl groups is 1. The smallest absolute Gasteiger partial charge is 0.312 e. The number of fused-ring (bicyclic) bond motifs is 1. The third-order valence-corrected chi connectivity index (χ3v) is 8.10. The molecular formula is C26H41N3O7. The summed E-state index contributed by atoms with van der Waals surface area (Å²) in [5.41, 5.74) is -1.01. The van der Waals surface area contributed by atoms with Crippen LogP contribution in [0.3, 0.4) is 0 Å². The Morgan fingerprint density at radius 1 is 1.25 bits per heavy atom. The maximum absolute atomic E-state index is 14.2. The van der Waals surface area contributed by atoms with E-state index in [-0.39, 0.29) is 25.0 Å². The van der Waals surface area contributed by atoms with E-state index in [0.717, 1.165) is 19.5 Å². The second kappa shape index (κ2) is 12.0. The van der Waals surface area contributed by atoms with Crippen molar-refractivity contribution >= 4 is 17.8 Å². The van der Waals surface area contributed by atoms with Crippen molar-refractivity contribution in [1.82, 2.24) is 14.7 Å². The van der Waals surface area contributed by atoms with E-state index in [1.54, 1.807) is 22.8 Å². The molecule has 10 heteroatoms. The summed E-state index contributed by atoms with van der Waals surface area (Å²) in [6, 6.07) is -0.779. The van der Waals surface area contributed by atoms with E-state index < -0.39 is 35.6 Å². The lowest BCUT2D eigenvalue weighted by atomic mass is 9.70. The third kappa shape index (κ3) is 5.05. The average Bonchev–Trinajstić information content (AvgIpc) is 3.52. The zero-order chi connectivity index (χ0) is 25.7. The van der Waals surface area contributed by atoms with Crippen molar-refractivity contribution in [3.05, 3.63) is 12.7 Å². The Morgan fingerprint density at radius 3 is 2.72 bits per heavy atom. The highest BCUT2D eigenvalue weighted by Gasteiger charge is 2.74. The standard InChI is InChI=1S/C26H41N3O7/c1-3-10-28(13-12-27-14-17-34-18-15-27)24(32)22-26-9-8-19(36-26)20(25(33)35-4-2)21(26)23(31)29(22)11-6-5-7-16-30/h3,19-22,30H,1,4-18H2,2H3/t19-,20+,21+,22-,26+/m1/s1. The SMILES string of the molecule is C=CCN(CCN1CCOCC1)C(=O)[C@H]1N(CCCCCO)C(=O)[C@@H]2[C@@H](C(=O)OCC)[C@H]3CC[C@]21O3. The molecule has 0 aromatic rings. The van der Waals surface area contributed by atoms with Gasteiger partial charge in [-0.15, -0.1) is 6.58 Å². The Kier molecular flexibility index (Phi) is 9.03. The molecule has 10 nitrogen and oxygen atoms in total. The molecule has 4 aliphatic rings. The number of hydrogen-bond donors (Lipinski definition) is 1. The van der Waals surface area contributed by atoms with Crippen molar-refractivity contribution in [3.63, 3.8) is 0 Å². The van der Waals surface area contributed by atoms with Crippen LogP contribution in [0.4, 0.5) is 0 Å². The van der Waals surface area contributed by atoms with Gasteiger partial charge in [0, 0.05) is 45.9 Å². The molecule has 5 atom stereocenters. The number of unbranched alkanes of at least 4 members (excludes halogenated alkanes) is 2. The summed E-state index contributed by atoms with van der Waals surface area (Å²) in [6.45, 7) is 10.9. The maximum Gasteiger partial charge on any atom is 0.312 e. The molecule has 36 heavy (non-hydrogen) atoms. The number of likely N-dealkylation sites (tertiary alicyclic amines) is 1. The van der Waals surface area contributed by atoms with Gasteiger partial charge < -0.3 is 29.1 Å². The number of esters is 1. The van der Waals surface area contributed by atoms with E-state index in [0.29, 0.717) is 65.1 Å². The van der Waals surface area contributed by atoms with E-state index in [4.69, 9.17) is 14.2 Å². The number of amides is 2. The van der Waals surface area contributed by atoms with E-state index in [2.05, 4.69) is 11.5 Å². The van der Waals surface area contributed by atoms with Crippen LogP contribution in [0.1, 0.15) is 39.0 Å². The number of carbonyl (C=O) groups excluding carboxylic acids is 3. The van der Waals surface area contributed by atoms with Crippen LogP contribution >= 0.6 is 0 Å². The largest absolute Gasteiger partial charge is 0.466 e. The van der Waals surface area contributed by atoms with Crippen LogP contribution < -0.4 is 0 Å². The third-order valence-electron chi connectivity index (χ3n) is 8.10. The summed E-state index contributed by atoms with van der Waals surface area (Å²) >= 11 is 0. The molecule has 0 unspecified atom stereocenters. The predicted molar refractivity (Wildman–Crippen MR) is 131 cm³/mol. The first-order valence-electron chi connectivity index (χ1n) is 13.4. The Hall–Kier alpha value is -2.01. The molecule has 4 heterocycles. The van der Waals surface area contributed by atoms with Gasteiger partial charge in [0.05, 0.1) is 37.8 Å². The normalized spacial score (nSPS) is 31.5. The number of hydrogen-bond acceptors (Lipinski definition) is 8. The van der Waals surface area contributed by atoms with Gasteiger partial charge in [-0.1, -0.05) is 6.08 Å². The molecule has 4 saturated heterocycles. The lowest BCUT2D eigenvalue weighted by molar-refractivity contribution is -0.155. The molecule has 2 amide bonds. The van der Waals surface area contributed by atoms with Crippen molar-refractivity contribution in [3.8, 4) is 0 Å². The zero-order valence-electron chi connectivity index (χ0n) is 21.4. The highest BCUT2D eigenvalue weighted by molar-refractivity contribution is 5.98. The van der Waals surface area contributed by atoms with Gasteiger partial charge in [0.15, 0.2) is 0 Å². The number of aliphatic hydroxyl groups excluding tert-OH is 1. The first-order valence-corrected chi connectivity index (χ1v) is 13.4. The van der Waals surface area contributed by atoms with Gasteiger partial charge in [-0.3, -0.25) is 19.3 Å². The number of rotatable bonds is 13. The van der Waals surface area contributed by atoms with Gasteiger partial charge in [0.2, 0.25) is 11.8 Å². The number of morpholine rings is 1. The van der Waals surface area contributed by atoms with Crippen LogP contribution in [0.15, 0.2) is 12.7 Å². The van der Waals surface area contributed by atoms with Crippen LogP contribution in [0.25, 0.3) is 0 Å². The molecule has 0 radical (unpaired) electrons. The van der Waals surface area contributed by atoms with Crippen LogP contribution in [-0.2, 0) is 28.6 Å². The van der Waals surface area contributed by atoms with Gasteiger partial charge in [0.25, 0.3) is 0 Å². The Balaban J connectivity index is 1.59. The first kappa shape index (κ1) is 27.0. The van der Waals surface area contributed by atoms with Crippen molar-refractivity contribution in [1.29, 1.82) is 0 Å². The van der Waals surface area contributed by atoms with Crippen molar-refractivity contribution < 1.29 is 33.7 Å². The summed E-state index contributed by atoms with van der Waals surface area (Å²) in [6.07, 6.45) is 4.57. The Labute approximate surface area is 213 Å². The second-order valence-electron chi connectivity index (χ2n) is 10.2. The predicted octanol–water partition coefficient (Wildman–Crippen LogP) is 0.434. The topological polar surface area (TPSA) is 109 Å². The van der Waals surface area contributed by atoms with E-state index in [1.807, 2.05) is 0 Å². The van der Waals surface area contributed by atoms with Crippen molar-refractivity contribution in [2.24, 2.45) is 11.8 Å². The minimum atomic E-state index is -1.01. The van der Waals surface area contributed by atoms with E-state index >= 15 is 0 Å². The molecular weight excluding hydrogens is 466 g/mol. The summed E-state index contributed by atoms with van der Waals surface area (Å²) in [7, 11) is 0. The molecule has 4 aliphatic heterocycles. The first-order chi connectivity index (χ1) is 17.5. The Bertz CT molecular complexity index is 817. The lowest BCUT2D eigenvalue weighted by Gasteiger charge is -2.37. The van der Waals surface area contributed by atoms with Crippen LogP contribution in [0.5, 0.6) is 0 Å². The fourth-order valence-corrected chi connectivity index (χ4v) is 6.46. The van der Waals surface area contributed by atoms with Gasteiger partial charge in [-0.2, -0.15) is 0 Å². The van der Waals surface area contributed by atoms with Crippen molar-refractivity contribution in [2.45, 2.75) is 56.8 Å². The van der Waals surface area contributed by atoms with Gasteiger partial charge >= 0.3 is 5.97 Å². The fraction of sp³-hybridized carbons (Fsp3) is 0.808. The molecule has 1 N–H and O–H groups in total. The molecule has 2 bridgehead atoms. The zero-order valence-corrected chi connectivity index (χ0v) is 21.4. The van der Waals surface area contributed by atoms with Crippen LogP contribution in [-0.4, -0.2) is 121 Å². The van der Waals surface area contributed by atoms with Gasteiger partial charge in [-0.05, 0) is 39.0 Å². The van der Waals surface area contributed by atoms with E-state index in [1.165, 1.54) is 0 Å². The molecule has 0 aromatic carbocycles. The van der Waals surface area contributed by atoms with Crippen LogP contribution in [0.2, 0.25) is 0 Å². The monoisotopic (exact) mass is 507 g/mol. The second-order valence-corrected chi connectivity index (χ2v) is 10.2. The number of carbonyl (C=O) groups is 3. The molecule has 0 aromatic heterocycles. The van der Waals surface area contributed by atoms with E-state index in [9.17, 15) is 19.5 Å². The van der Waals surface area contributed by atoms with Crippen molar-refractivity contribution in [2.75, 3.05) is 65.7 Å². The average molecular weight is 508 g/mol. The lowest BCUT2D eigenvalue weighted by Crippen LogP contribution is -2.57. The highest BCUT2D eigenvalue weighted by atomic mass is 16.6. The molecule has 4 fully saturated rings. The summed E-state index contributed by atoms with van der Waals surface area (Å²) in [4.78, 5) is 46.6.